The molecule has 0 aliphatic rings. The van der Waals surface area contributed by atoms with Crippen molar-refractivity contribution in [3.05, 3.63) is 66.4 Å². The minimum atomic E-state index is -0.164. The van der Waals surface area contributed by atoms with E-state index in [1.54, 1.807) is 12.4 Å². The van der Waals surface area contributed by atoms with Gasteiger partial charge in [-0.05, 0) is 23.8 Å². The van der Waals surface area contributed by atoms with Gasteiger partial charge in [0.2, 0.25) is 0 Å². The SMILES string of the molecule is CN(C)c1ccccc1C(S)c1nccn1-c1ccc(N)cn1. The van der Waals surface area contributed by atoms with Crippen LogP contribution in [0.1, 0.15) is 16.6 Å². The molecule has 6 heteroatoms. The maximum atomic E-state index is 5.71. The molecule has 2 heterocycles. The molecule has 0 radical (unpaired) electrons. The molecule has 3 aromatic rings. The summed E-state index contributed by atoms with van der Waals surface area (Å²) >= 11 is 4.82. The molecule has 1 unspecified atom stereocenters. The molecule has 0 amide bonds. The van der Waals surface area contributed by atoms with E-state index in [1.165, 1.54) is 0 Å². The molecule has 1 aromatic carbocycles. The highest BCUT2D eigenvalue weighted by Gasteiger charge is 2.20. The van der Waals surface area contributed by atoms with E-state index in [0.717, 1.165) is 22.9 Å². The Morgan fingerprint density at radius 2 is 1.91 bits per heavy atom. The molecule has 23 heavy (non-hydrogen) atoms. The Labute approximate surface area is 141 Å². The van der Waals surface area contributed by atoms with Gasteiger partial charge in [-0.15, -0.1) is 0 Å². The summed E-state index contributed by atoms with van der Waals surface area (Å²) in [5, 5.41) is -0.164. The molecule has 0 aliphatic carbocycles. The number of thiol groups is 1. The van der Waals surface area contributed by atoms with Crippen LogP contribution in [0.4, 0.5) is 11.4 Å². The summed E-state index contributed by atoms with van der Waals surface area (Å²) < 4.78 is 1.93. The molecule has 2 N–H and O–H groups in total. The van der Waals surface area contributed by atoms with Gasteiger partial charge in [-0.1, -0.05) is 18.2 Å². The summed E-state index contributed by atoms with van der Waals surface area (Å²) in [6, 6.07) is 11.9. The van der Waals surface area contributed by atoms with Crippen LogP contribution in [0.15, 0.2) is 55.0 Å². The van der Waals surface area contributed by atoms with Crippen LogP contribution in [0.3, 0.4) is 0 Å². The second-order valence-electron chi connectivity index (χ2n) is 5.46. The molecular formula is C17H19N5S. The number of pyridine rings is 1. The zero-order chi connectivity index (χ0) is 16.4. The van der Waals surface area contributed by atoms with Crippen LogP contribution < -0.4 is 10.6 Å². The molecule has 0 spiro atoms. The van der Waals surface area contributed by atoms with Crippen LogP contribution in [0.2, 0.25) is 0 Å². The molecule has 5 nitrogen and oxygen atoms in total. The van der Waals surface area contributed by atoms with Crippen LogP contribution in [0, 0.1) is 0 Å². The van der Waals surface area contributed by atoms with Crippen molar-refractivity contribution >= 4 is 24.0 Å². The Morgan fingerprint density at radius 3 is 2.61 bits per heavy atom. The van der Waals surface area contributed by atoms with Crippen molar-refractivity contribution in [3.63, 3.8) is 0 Å². The minimum absolute atomic E-state index is 0.164. The first-order valence-corrected chi connectivity index (χ1v) is 7.79. The third-order valence-electron chi connectivity index (χ3n) is 3.64. The van der Waals surface area contributed by atoms with Crippen molar-refractivity contribution in [1.82, 2.24) is 14.5 Å². The van der Waals surface area contributed by atoms with E-state index in [2.05, 4.69) is 27.0 Å². The molecule has 3 rings (SSSR count). The molecule has 118 valence electrons. The van der Waals surface area contributed by atoms with Gasteiger partial charge in [-0.2, -0.15) is 12.6 Å². The Balaban J connectivity index is 2.04. The van der Waals surface area contributed by atoms with Crippen LogP contribution in [-0.2, 0) is 0 Å². The van der Waals surface area contributed by atoms with Crippen LogP contribution in [0.5, 0.6) is 0 Å². The summed E-state index contributed by atoms with van der Waals surface area (Å²) in [7, 11) is 4.04. The lowest BCUT2D eigenvalue weighted by Crippen LogP contribution is -2.14. The predicted molar refractivity (Wildman–Crippen MR) is 97.4 cm³/mol. The largest absolute Gasteiger partial charge is 0.397 e. The lowest BCUT2D eigenvalue weighted by Gasteiger charge is -2.21. The van der Waals surface area contributed by atoms with Crippen LogP contribution in [-0.4, -0.2) is 28.6 Å². The molecule has 1 atom stereocenters. The minimum Gasteiger partial charge on any atom is -0.397 e. The maximum Gasteiger partial charge on any atom is 0.138 e. The number of nitrogen functional groups attached to an aromatic ring is 1. The van der Waals surface area contributed by atoms with E-state index in [0.29, 0.717) is 5.69 Å². The third-order valence-corrected chi connectivity index (χ3v) is 4.15. The summed E-state index contributed by atoms with van der Waals surface area (Å²) in [6.45, 7) is 0. The second-order valence-corrected chi connectivity index (χ2v) is 5.98. The smallest absolute Gasteiger partial charge is 0.138 e. The van der Waals surface area contributed by atoms with Crippen molar-refractivity contribution in [2.75, 3.05) is 24.7 Å². The van der Waals surface area contributed by atoms with E-state index in [1.807, 2.05) is 49.1 Å². The number of anilines is 2. The summed E-state index contributed by atoms with van der Waals surface area (Å²) in [4.78, 5) is 10.9. The second kappa shape index (κ2) is 6.34. The molecule has 0 fully saturated rings. The Kier molecular flexibility index (Phi) is 4.25. The van der Waals surface area contributed by atoms with Gasteiger partial charge in [0.1, 0.15) is 11.6 Å². The fourth-order valence-corrected chi connectivity index (χ4v) is 2.93. The summed E-state index contributed by atoms with van der Waals surface area (Å²) in [5.74, 6) is 1.59. The lowest BCUT2D eigenvalue weighted by atomic mass is 10.1. The monoisotopic (exact) mass is 325 g/mol. The molecule has 2 aromatic heterocycles. The van der Waals surface area contributed by atoms with Crippen molar-refractivity contribution in [3.8, 4) is 5.82 Å². The van der Waals surface area contributed by atoms with Gasteiger partial charge in [0.15, 0.2) is 0 Å². The topological polar surface area (TPSA) is 60.0 Å². The van der Waals surface area contributed by atoms with Crippen molar-refractivity contribution in [2.24, 2.45) is 0 Å². The van der Waals surface area contributed by atoms with Crippen molar-refractivity contribution in [2.45, 2.75) is 5.25 Å². The third kappa shape index (κ3) is 3.03. The molecule has 0 saturated carbocycles. The number of hydrogen-bond acceptors (Lipinski definition) is 5. The number of rotatable bonds is 4. The number of nitrogens with zero attached hydrogens (tertiary/aromatic N) is 4. The van der Waals surface area contributed by atoms with E-state index in [4.69, 9.17) is 18.4 Å². The highest BCUT2D eigenvalue weighted by molar-refractivity contribution is 7.80. The van der Waals surface area contributed by atoms with E-state index in [9.17, 15) is 0 Å². The zero-order valence-corrected chi connectivity index (χ0v) is 14.0. The van der Waals surface area contributed by atoms with Gasteiger partial charge in [0, 0.05) is 32.2 Å². The van der Waals surface area contributed by atoms with E-state index >= 15 is 0 Å². The molecule has 0 aliphatic heterocycles. The number of hydrogen-bond donors (Lipinski definition) is 2. The number of nitrogens with two attached hydrogens (primary N) is 1. The standard InChI is InChI=1S/C17H19N5S/c1-21(2)14-6-4-3-5-13(14)16(23)17-19-9-10-22(17)15-8-7-12(18)11-20-15/h3-11,16,23H,18H2,1-2H3. The summed E-state index contributed by atoms with van der Waals surface area (Å²) in [6.07, 6.45) is 5.28. The zero-order valence-electron chi connectivity index (χ0n) is 13.1. The highest BCUT2D eigenvalue weighted by Crippen LogP contribution is 2.34. The first-order chi connectivity index (χ1) is 11.1. The van der Waals surface area contributed by atoms with Gasteiger partial charge in [-0.25, -0.2) is 9.97 Å². The van der Waals surface area contributed by atoms with E-state index in [-0.39, 0.29) is 5.25 Å². The van der Waals surface area contributed by atoms with Crippen molar-refractivity contribution in [1.29, 1.82) is 0 Å². The Bertz CT molecular complexity index is 795. The Hall–Kier alpha value is -2.47. The number of imidazole rings is 1. The molecule has 0 bridgehead atoms. The van der Waals surface area contributed by atoms with Crippen LogP contribution >= 0.6 is 12.6 Å². The normalized spacial score (nSPS) is 12.1. The average Bonchev–Trinajstić information content (AvgIpc) is 3.04. The van der Waals surface area contributed by atoms with E-state index < -0.39 is 0 Å². The number of para-hydroxylation sites is 1. The first-order valence-electron chi connectivity index (χ1n) is 7.27. The highest BCUT2D eigenvalue weighted by atomic mass is 32.1. The Morgan fingerprint density at radius 1 is 1.13 bits per heavy atom. The molecule has 0 saturated heterocycles. The quantitative estimate of drug-likeness (QED) is 0.724. The van der Waals surface area contributed by atoms with Gasteiger partial charge in [0.05, 0.1) is 17.1 Å². The fourth-order valence-electron chi connectivity index (χ4n) is 2.52. The van der Waals surface area contributed by atoms with Gasteiger partial charge in [-0.3, -0.25) is 4.57 Å². The average molecular weight is 325 g/mol. The first kappa shape index (κ1) is 15.4. The fraction of sp³-hybridized carbons (Fsp3) is 0.176. The maximum absolute atomic E-state index is 5.71. The van der Waals surface area contributed by atoms with Crippen LogP contribution in [0.25, 0.3) is 5.82 Å². The van der Waals surface area contributed by atoms with Gasteiger partial charge < -0.3 is 10.6 Å². The predicted octanol–water partition coefficient (Wildman–Crippen LogP) is 2.93. The van der Waals surface area contributed by atoms with Gasteiger partial charge in [0.25, 0.3) is 0 Å². The summed E-state index contributed by atoms with van der Waals surface area (Å²) in [5.41, 5.74) is 8.57. The lowest BCUT2D eigenvalue weighted by molar-refractivity contribution is 0.875. The van der Waals surface area contributed by atoms with Crippen molar-refractivity contribution < 1.29 is 0 Å². The molecular weight excluding hydrogens is 306 g/mol. The number of benzene rings is 1. The number of aromatic nitrogens is 3. The van der Waals surface area contributed by atoms with Gasteiger partial charge >= 0.3 is 0 Å².